The maximum Gasteiger partial charge on any atom is 0.326 e. The smallest absolute Gasteiger partial charge is 0.326 e. The van der Waals surface area contributed by atoms with E-state index < -0.39 is 139 Å². The Balaban J connectivity index is 0.000000226. The Morgan fingerprint density at radius 1 is 0.519 bits per heavy atom. The van der Waals surface area contributed by atoms with Crippen molar-refractivity contribution in [1.29, 1.82) is 0 Å². The van der Waals surface area contributed by atoms with Crippen molar-refractivity contribution in [3.63, 3.8) is 0 Å². The van der Waals surface area contributed by atoms with Gasteiger partial charge in [0.05, 0.1) is 59.5 Å². The van der Waals surface area contributed by atoms with Crippen molar-refractivity contribution in [2.24, 2.45) is 10.8 Å². The highest BCUT2D eigenvalue weighted by atomic mass is 32.2. The summed E-state index contributed by atoms with van der Waals surface area (Å²) >= 11 is 4.27. The molecule has 8 aromatic rings. The zero-order valence-corrected chi connectivity index (χ0v) is 81.2. The maximum atomic E-state index is 15.0. The van der Waals surface area contributed by atoms with Crippen LogP contribution >= 0.6 is 34.0 Å². The number of pyridine rings is 2. The molecule has 2 fully saturated rings. The molecular weight excluding hydrogens is 1800 g/mol. The van der Waals surface area contributed by atoms with Gasteiger partial charge in [0, 0.05) is 114 Å². The summed E-state index contributed by atoms with van der Waals surface area (Å²) in [5.74, 6) is -2.68. The fourth-order valence-corrected chi connectivity index (χ4v) is 23.3. The summed E-state index contributed by atoms with van der Waals surface area (Å²) < 4.78 is 81.2. The molecule has 39 heteroatoms. The van der Waals surface area contributed by atoms with Crippen molar-refractivity contribution in [3.8, 4) is 45.8 Å². The van der Waals surface area contributed by atoms with Gasteiger partial charge in [-0.15, -0.1) is 34.0 Å². The zero-order chi connectivity index (χ0) is 95.4. The first-order valence-electron chi connectivity index (χ1n) is 45.3. The Morgan fingerprint density at radius 3 is 1.38 bits per heavy atom. The number of sulfonamides is 2. The highest BCUT2D eigenvalue weighted by molar-refractivity contribution is 7.89. The molecule has 2 saturated heterocycles. The lowest BCUT2D eigenvalue weighted by Gasteiger charge is -2.35. The van der Waals surface area contributed by atoms with Crippen LogP contribution in [0.25, 0.3) is 44.6 Å². The number of rotatable bonds is 22. The number of hydrogen-bond acceptors (Lipinski definition) is 25. The maximum absolute atomic E-state index is 15.0. The van der Waals surface area contributed by atoms with Gasteiger partial charge in [0.25, 0.3) is 0 Å². The fourth-order valence-electron chi connectivity index (χ4n) is 17.0. The molecule has 34 nitrogen and oxygen atoms in total. The number of aliphatic carboxylic acids is 2. The number of carboxylic acids is 2. The molecule has 6 aliphatic rings. The van der Waals surface area contributed by atoms with Crippen LogP contribution in [0.15, 0.2) is 129 Å². The van der Waals surface area contributed by atoms with Gasteiger partial charge in [0.2, 0.25) is 43.7 Å². The predicted molar refractivity (Wildman–Crippen MR) is 511 cm³/mol. The number of amides is 8. The molecule has 0 aliphatic carbocycles. The number of carboxylic acid groups (broad SMARTS) is 2. The number of hydrogen-bond donors (Lipinski definition) is 10. The summed E-state index contributed by atoms with van der Waals surface area (Å²) in [5.41, 5.74) is 2.96. The van der Waals surface area contributed by atoms with Gasteiger partial charge in [-0.1, -0.05) is 110 Å². The highest BCUT2D eigenvalue weighted by Gasteiger charge is 2.48. The Morgan fingerprint density at radius 2 is 0.955 bits per heavy atom. The second kappa shape index (κ2) is 43.5. The van der Waals surface area contributed by atoms with E-state index in [1.165, 1.54) is 52.4 Å². The van der Waals surface area contributed by atoms with Crippen molar-refractivity contribution in [2.75, 3.05) is 51.0 Å². The number of nitrogens with zero attached hydrogens (tertiary/aromatic N) is 8. The second-order valence-corrected chi connectivity index (χ2v) is 43.7. The fraction of sp³-hybridized carbons (Fsp3) is 0.511. The number of thiophene rings is 1. The third kappa shape index (κ3) is 24.9. The van der Waals surface area contributed by atoms with Gasteiger partial charge < -0.3 is 81.5 Å². The highest BCUT2D eigenvalue weighted by Crippen LogP contribution is 2.41. The van der Waals surface area contributed by atoms with Gasteiger partial charge in [-0.2, -0.15) is 8.61 Å². The van der Waals surface area contributed by atoms with E-state index in [0.717, 1.165) is 53.7 Å². The van der Waals surface area contributed by atoms with Gasteiger partial charge in [-0.25, -0.2) is 55.9 Å². The summed E-state index contributed by atoms with van der Waals surface area (Å²) in [4.78, 5) is 135. The average molecular weight is 1920 g/mol. The first kappa shape index (κ1) is 99.4. The van der Waals surface area contributed by atoms with Crippen LogP contribution in [0.4, 0.5) is 19.9 Å². The molecule has 10 atom stereocenters. The van der Waals surface area contributed by atoms with Gasteiger partial charge in [-0.3, -0.25) is 19.2 Å². The Bertz CT molecular complexity index is 5850. The van der Waals surface area contributed by atoms with Crippen LogP contribution in [0.3, 0.4) is 0 Å². The third-order valence-electron chi connectivity index (χ3n) is 24.4. The minimum absolute atomic E-state index is 0.00511. The average Bonchev–Trinajstić information content (AvgIpc) is 1.57. The van der Waals surface area contributed by atoms with Crippen molar-refractivity contribution in [3.05, 3.63) is 130 Å². The third-order valence-corrected chi connectivity index (χ3v) is 30.8. The predicted octanol–water partition coefficient (Wildman–Crippen LogP) is 13.4. The summed E-state index contributed by atoms with van der Waals surface area (Å²) in [7, 11) is -4.41. The van der Waals surface area contributed by atoms with E-state index >= 15 is 0 Å². The molecule has 10 N–H and O–H groups in total. The quantitative estimate of drug-likeness (QED) is 0.0282. The molecule has 8 amide bonds. The number of anilines is 2. The molecule has 3 aromatic carbocycles. The molecule has 6 aliphatic heterocycles. The number of aromatic nitrogens is 4. The van der Waals surface area contributed by atoms with Crippen LogP contribution in [-0.2, 0) is 61.9 Å². The van der Waals surface area contributed by atoms with Gasteiger partial charge in [-0.05, 0) is 150 Å². The van der Waals surface area contributed by atoms with Gasteiger partial charge in [0.15, 0.2) is 10.3 Å². The minimum atomic E-state index is -3.80. The molecule has 11 heterocycles. The SMILES string of the molecule is COc1ccc2c(O[C@@H]3C[C@H]4C(=O)N[C@H](C(=O)O)CC/C=C\CCCCC[C@H](NC(=O)N[C@H](CN5Cc6ccccc6S5(=O)=O)C(C)(C)C)C(=O)N4C3)cc(-c3csc(NC(C)C)n3)nc2c1.COc1ccc2c(O[C@@H]3C[C@H]4C(=O)N[C@H](C(=O)O)CC/C=C\CCCCC[C@H](NC(=O)N[C@H](CN5Cc6sccc6S5(=O)=O)C(C)(C)C)C(=O)N4C3)cc(-c3csc(NC(C)C)n3)nc2c1. The molecule has 133 heavy (non-hydrogen) atoms. The summed E-state index contributed by atoms with van der Waals surface area (Å²) in [6.45, 7) is 19.8. The van der Waals surface area contributed by atoms with E-state index in [-0.39, 0.29) is 99.7 Å². The topological polar surface area (TPSA) is 443 Å². The number of allylic oxidation sites excluding steroid dienone is 4. The number of benzene rings is 3. The van der Waals surface area contributed by atoms with Crippen molar-refractivity contribution in [2.45, 2.75) is 267 Å². The molecule has 5 aromatic heterocycles. The molecule has 0 radical (unpaired) electrons. The number of urea groups is 2. The lowest BCUT2D eigenvalue weighted by atomic mass is 9.86. The van der Waals surface area contributed by atoms with E-state index in [4.69, 9.17) is 38.9 Å². The second-order valence-electron chi connectivity index (χ2n) is 37.2. The monoisotopic (exact) mass is 1920 g/mol. The van der Waals surface area contributed by atoms with Crippen LogP contribution < -0.4 is 61.5 Å². The zero-order valence-electron chi connectivity index (χ0n) is 77.1. The van der Waals surface area contributed by atoms with Crippen molar-refractivity contribution >= 4 is 134 Å². The lowest BCUT2D eigenvalue weighted by molar-refractivity contribution is -0.144. The van der Waals surface area contributed by atoms with Gasteiger partial charge >= 0.3 is 24.0 Å². The molecule has 0 bridgehead atoms. The van der Waals surface area contributed by atoms with E-state index in [1.807, 2.05) is 116 Å². The van der Waals surface area contributed by atoms with Crippen molar-refractivity contribution < 1.29 is 84.4 Å². The Kier molecular flexibility index (Phi) is 32.5. The van der Waals surface area contributed by atoms with E-state index in [1.54, 1.807) is 86.3 Å². The number of thiazole rings is 2. The normalized spacial score (nSPS) is 22.8. The van der Waals surface area contributed by atoms with Crippen LogP contribution in [0.1, 0.15) is 182 Å². The van der Waals surface area contributed by atoms with E-state index in [2.05, 4.69) is 42.5 Å². The van der Waals surface area contributed by atoms with Crippen LogP contribution in [0.2, 0.25) is 0 Å². The van der Waals surface area contributed by atoms with E-state index in [9.17, 15) is 65.4 Å². The molecule has 0 unspecified atom stereocenters. The van der Waals surface area contributed by atoms with Crippen molar-refractivity contribution in [1.82, 2.24) is 70.2 Å². The number of ether oxygens (including phenoxy) is 4. The summed E-state index contributed by atoms with van der Waals surface area (Å²) in [6.07, 6.45) is 13.9. The molecule has 716 valence electrons. The summed E-state index contributed by atoms with van der Waals surface area (Å²) in [6, 6.07) is 13.6. The Labute approximate surface area is 788 Å². The number of nitrogens with one attached hydrogen (secondary N) is 8. The number of fused-ring (bicyclic) bond motifs is 6. The van der Waals surface area contributed by atoms with Crippen LogP contribution in [-0.4, -0.2) is 226 Å². The minimum Gasteiger partial charge on any atom is -0.497 e. The largest absolute Gasteiger partial charge is 0.497 e. The Hall–Kier alpha value is -11.1. The molecule has 14 rings (SSSR count). The number of methoxy groups -OCH3 is 2. The number of carbonyl (C=O) groups excluding carboxylic acids is 6. The molecule has 0 spiro atoms. The molecule has 0 saturated carbocycles. The number of carbonyl (C=O) groups is 8. The summed E-state index contributed by atoms with van der Waals surface area (Å²) in [5, 5.41) is 52.5. The van der Waals surface area contributed by atoms with Crippen LogP contribution in [0, 0.1) is 10.8 Å². The molecular formula is C94H122N16O18S5. The standard InChI is InChI=1S/C48H62N8O9S2.C46H60N8O9S3/c1-29(2)49-47-53-38(28-66-47)37-24-40(33-21-20-31(64-6)22-36(33)50-37)65-32-23-39-43(57)51-35(45(59)60)18-13-11-9-7-8-10-12-17-34(44(58)56(39)26-32)52-46(61)54-42(48(3,4)5)27-55-25-30-16-14-15-19-41(30)67(55,62)63;1-27(2)47-45-51-35(26-65-45)34-22-37(30-17-16-28(62-6)20-33(30)48-34)63-29-21-36-41(55)49-32(43(57)58)15-13-11-9-7-8-10-12-14-31(42(56)54(36)23-29)50-44(59)52-40(46(3,4)5)25-53-24-38-39(18-19-64-38)66(53,60)61/h9,11,14-16,19-22,24,28-29,32,34-35,39,42H,7-8,10,12-13,17-18,23,25-27H2,1-6H3,(H,49,53)(H,51,57)(H,59,60)(H2,52,54,61);9,11,16-20,22,26-27,29,31-32,36,40H,7-8,10,12-15,21,23-25H2,1-6H3,(H,47,51)(H,49,55)(H,57,58)(H2,50,52,59)/b2*11-9-/t32-,34+,35+,39+,42-;29-,31+,32+,36+,40-/m11/s1. The lowest BCUT2D eigenvalue weighted by Crippen LogP contribution is -2.59. The van der Waals surface area contributed by atoms with Gasteiger partial charge in [0.1, 0.15) is 82.8 Å². The van der Waals surface area contributed by atoms with E-state index in [0.29, 0.717) is 98.8 Å². The first-order valence-corrected chi connectivity index (χ1v) is 50.9. The first-order chi connectivity index (χ1) is 63.3. The van der Waals surface area contributed by atoms with Crippen LogP contribution in [0.5, 0.6) is 23.0 Å².